The molecule has 1 N–H and O–H groups in total. The number of ether oxygens (including phenoxy) is 2. The van der Waals surface area contributed by atoms with E-state index in [1.54, 1.807) is 0 Å². The lowest BCUT2D eigenvalue weighted by atomic mass is 10.2. The topological polar surface area (TPSA) is 38.7 Å². The van der Waals surface area contributed by atoms with Crippen molar-refractivity contribution in [1.82, 2.24) is 0 Å². The minimum Gasteiger partial charge on any atom is -0.396 e. The smallest absolute Gasteiger partial charge is 0.163 e. The first kappa shape index (κ1) is 11.7. The molecule has 0 radical (unpaired) electrons. The van der Waals surface area contributed by atoms with Crippen molar-refractivity contribution in [2.24, 2.45) is 0 Å². The van der Waals surface area contributed by atoms with Crippen LogP contribution in [0.15, 0.2) is 12.2 Å². The van der Waals surface area contributed by atoms with E-state index in [0.29, 0.717) is 0 Å². The molecule has 1 aliphatic rings. The van der Waals surface area contributed by atoms with Gasteiger partial charge in [-0.25, -0.2) is 0 Å². The van der Waals surface area contributed by atoms with Crippen molar-refractivity contribution in [3.63, 3.8) is 0 Å². The van der Waals surface area contributed by atoms with Gasteiger partial charge in [0.05, 0.1) is 12.7 Å². The third-order valence-electron chi connectivity index (χ3n) is 2.17. The van der Waals surface area contributed by atoms with Gasteiger partial charge in [0.25, 0.3) is 0 Å². The Balaban J connectivity index is 2.27. The molecule has 0 spiro atoms. The number of unbranched alkanes of at least 4 members (excludes halogenated alkanes) is 1. The number of aliphatic hydroxyl groups is 1. The molecule has 82 valence electrons. The summed E-state index contributed by atoms with van der Waals surface area (Å²) >= 11 is 0. The summed E-state index contributed by atoms with van der Waals surface area (Å²) in [5, 5.41) is 8.60. The van der Waals surface area contributed by atoms with E-state index in [-0.39, 0.29) is 12.7 Å². The quantitative estimate of drug-likeness (QED) is 0.556. The molecule has 1 heterocycles. The summed E-state index contributed by atoms with van der Waals surface area (Å²) in [6.07, 6.45) is 6.96. The fourth-order valence-electron chi connectivity index (χ4n) is 1.47. The summed E-state index contributed by atoms with van der Waals surface area (Å²) in [5.41, 5.74) is 0. The minimum absolute atomic E-state index is 0.164. The average Bonchev–Trinajstić information content (AvgIpc) is 2.11. The van der Waals surface area contributed by atoms with E-state index < -0.39 is 5.79 Å². The Morgan fingerprint density at radius 2 is 2.29 bits per heavy atom. The van der Waals surface area contributed by atoms with Gasteiger partial charge < -0.3 is 14.6 Å². The zero-order valence-corrected chi connectivity index (χ0v) is 9.03. The summed E-state index contributed by atoms with van der Waals surface area (Å²) in [7, 11) is 0. The van der Waals surface area contributed by atoms with Crippen LogP contribution in [0.25, 0.3) is 0 Å². The van der Waals surface area contributed by atoms with Crippen LogP contribution in [0.5, 0.6) is 0 Å². The van der Waals surface area contributed by atoms with Crippen LogP contribution in [0, 0.1) is 0 Å². The Morgan fingerprint density at radius 3 is 2.93 bits per heavy atom. The van der Waals surface area contributed by atoms with Gasteiger partial charge in [-0.15, -0.1) is 0 Å². The zero-order valence-electron chi connectivity index (χ0n) is 9.03. The normalized spacial score (nSPS) is 26.9. The predicted octanol–water partition coefficient (Wildman–Crippen LogP) is 1.86. The van der Waals surface area contributed by atoms with Crippen molar-refractivity contribution in [1.29, 1.82) is 0 Å². The molecule has 0 aliphatic carbocycles. The number of rotatable bonds is 4. The number of allylic oxidation sites excluding steroid dienone is 1. The van der Waals surface area contributed by atoms with Crippen LogP contribution < -0.4 is 0 Å². The Kier molecular flexibility index (Phi) is 4.58. The van der Waals surface area contributed by atoms with E-state index in [2.05, 4.69) is 12.2 Å². The van der Waals surface area contributed by atoms with Gasteiger partial charge >= 0.3 is 0 Å². The van der Waals surface area contributed by atoms with Crippen LogP contribution in [0.2, 0.25) is 0 Å². The highest BCUT2D eigenvalue weighted by molar-refractivity contribution is 4.91. The zero-order chi connectivity index (χ0) is 10.4. The molecule has 1 rings (SSSR count). The molecule has 0 unspecified atom stereocenters. The Bertz CT molecular complexity index is 187. The van der Waals surface area contributed by atoms with Crippen molar-refractivity contribution < 1.29 is 14.6 Å². The summed E-state index contributed by atoms with van der Waals surface area (Å²) in [6.45, 7) is 4.87. The average molecular weight is 200 g/mol. The highest BCUT2D eigenvalue weighted by Gasteiger charge is 2.27. The first-order valence-corrected chi connectivity index (χ1v) is 5.23. The second-order valence-electron chi connectivity index (χ2n) is 3.99. The van der Waals surface area contributed by atoms with Crippen LogP contribution in [0.1, 0.15) is 33.1 Å². The summed E-state index contributed by atoms with van der Waals surface area (Å²) in [6, 6.07) is 0. The highest BCUT2D eigenvalue weighted by atomic mass is 16.7. The fraction of sp³-hybridized carbons (Fsp3) is 0.818. The van der Waals surface area contributed by atoms with Crippen LogP contribution in [-0.2, 0) is 9.47 Å². The van der Waals surface area contributed by atoms with Gasteiger partial charge in [0.2, 0.25) is 0 Å². The van der Waals surface area contributed by atoms with E-state index in [9.17, 15) is 0 Å². The first-order valence-electron chi connectivity index (χ1n) is 5.23. The van der Waals surface area contributed by atoms with Crippen molar-refractivity contribution in [3.05, 3.63) is 12.2 Å². The number of hydrogen-bond donors (Lipinski definition) is 1. The van der Waals surface area contributed by atoms with Gasteiger partial charge in [-0.1, -0.05) is 12.2 Å². The maximum Gasteiger partial charge on any atom is 0.163 e. The van der Waals surface area contributed by atoms with Crippen LogP contribution in [0.3, 0.4) is 0 Å². The fourth-order valence-corrected chi connectivity index (χ4v) is 1.47. The minimum atomic E-state index is -0.454. The largest absolute Gasteiger partial charge is 0.396 e. The van der Waals surface area contributed by atoms with E-state index in [1.165, 1.54) is 0 Å². The number of hydrogen-bond acceptors (Lipinski definition) is 3. The van der Waals surface area contributed by atoms with Crippen molar-refractivity contribution in [3.8, 4) is 0 Å². The van der Waals surface area contributed by atoms with Crippen molar-refractivity contribution >= 4 is 0 Å². The van der Waals surface area contributed by atoms with E-state index in [0.717, 1.165) is 25.9 Å². The second-order valence-corrected chi connectivity index (χ2v) is 3.99. The molecule has 0 saturated carbocycles. The molecule has 1 aliphatic heterocycles. The molecule has 0 bridgehead atoms. The molecular weight excluding hydrogens is 180 g/mol. The van der Waals surface area contributed by atoms with E-state index >= 15 is 0 Å². The van der Waals surface area contributed by atoms with E-state index in [1.807, 2.05) is 13.8 Å². The van der Waals surface area contributed by atoms with Crippen LogP contribution >= 0.6 is 0 Å². The highest BCUT2D eigenvalue weighted by Crippen LogP contribution is 2.22. The van der Waals surface area contributed by atoms with Gasteiger partial charge in [-0.05, 0) is 26.7 Å². The molecule has 1 saturated heterocycles. The Hall–Kier alpha value is -0.380. The second kappa shape index (κ2) is 5.49. The maximum atomic E-state index is 8.60. The lowest BCUT2D eigenvalue weighted by Gasteiger charge is -2.34. The molecule has 1 fully saturated rings. The van der Waals surface area contributed by atoms with Crippen LogP contribution in [0.4, 0.5) is 0 Å². The molecular formula is C11H20O3. The SMILES string of the molecule is CC1(C)OCC[C@@H](/C=C\CCCO)O1. The molecule has 1 atom stereocenters. The van der Waals surface area contributed by atoms with Gasteiger partial charge in [0, 0.05) is 13.0 Å². The third kappa shape index (κ3) is 4.22. The molecule has 3 nitrogen and oxygen atoms in total. The summed E-state index contributed by atoms with van der Waals surface area (Å²) < 4.78 is 11.1. The van der Waals surface area contributed by atoms with Crippen molar-refractivity contribution in [2.45, 2.75) is 45.0 Å². The molecule has 0 amide bonds. The molecule has 0 aromatic heterocycles. The number of aliphatic hydroxyl groups excluding tert-OH is 1. The third-order valence-corrected chi connectivity index (χ3v) is 2.17. The molecule has 3 heteroatoms. The lowest BCUT2D eigenvalue weighted by molar-refractivity contribution is -0.262. The van der Waals surface area contributed by atoms with E-state index in [4.69, 9.17) is 14.6 Å². The van der Waals surface area contributed by atoms with Crippen LogP contribution in [-0.4, -0.2) is 30.2 Å². The molecule has 14 heavy (non-hydrogen) atoms. The standard InChI is InChI=1S/C11H20O3/c1-11(2)13-9-7-10(14-11)6-4-3-5-8-12/h4,6,10,12H,3,5,7-9H2,1-2H3/b6-4-/t10-/m1/s1. The molecule has 0 aromatic rings. The Morgan fingerprint density at radius 1 is 1.50 bits per heavy atom. The molecule has 0 aromatic carbocycles. The van der Waals surface area contributed by atoms with Gasteiger partial charge in [-0.2, -0.15) is 0 Å². The van der Waals surface area contributed by atoms with Gasteiger partial charge in [-0.3, -0.25) is 0 Å². The maximum absolute atomic E-state index is 8.60. The summed E-state index contributed by atoms with van der Waals surface area (Å²) in [5.74, 6) is -0.454. The first-order chi connectivity index (χ1) is 6.64. The predicted molar refractivity (Wildman–Crippen MR) is 55.0 cm³/mol. The Labute approximate surface area is 85.7 Å². The van der Waals surface area contributed by atoms with Gasteiger partial charge in [0.15, 0.2) is 5.79 Å². The monoisotopic (exact) mass is 200 g/mol. The summed E-state index contributed by atoms with van der Waals surface area (Å²) in [4.78, 5) is 0. The lowest BCUT2D eigenvalue weighted by Crippen LogP contribution is -2.38. The van der Waals surface area contributed by atoms with Gasteiger partial charge in [0.1, 0.15) is 0 Å². The van der Waals surface area contributed by atoms with Crippen molar-refractivity contribution in [2.75, 3.05) is 13.2 Å².